The van der Waals surface area contributed by atoms with Gasteiger partial charge in [0.1, 0.15) is 0 Å². The Balaban J connectivity index is 1.86. The molecule has 1 aliphatic rings. The van der Waals surface area contributed by atoms with Crippen LogP contribution >= 0.6 is 11.6 Å². The minimum Gasteiger partial charge on any atom is -0.369 e. The van der Waals surface area contributed by atoms with Crippen LogP contribution in [-0.4, -0.2) is 18.5 Å². The van der Waals surface area contributed by atoms with Crippen LogP contribution in [0.15, 0.2) is 24.3 Å². The van der Waals surface area contributed by atoms with Gasteiger partial charge in [0.05, 0.1) is 12.5 Å². The molecule has 106 valence electrons. The average molecular weight is 291 g/mol. The highest BCUT2D eigenvalue weighted by molar-refractivity contribution is 6.30. The van der Waals surface area contributed by atoms with Crippen molar-refractivity contribution in [3.05, 3.63) is 34.9 Å². The second kappa shape index (κ2) is 7.33. The number of primary amides is 1. The fourth-order valence-corrected chi connectivity index (χ4v) is 2.70. The quantitative estimate of drug-likeness (QED) is 0.840. The number of nitrogens with two attached hydrogens (primary N) is 1. The van der Waals surface area contributed by atoms with Gasteiger partial charge in [0.25, 0.3) is 0 Å². The molecule has 0 bridgehead atoms. The van der Waals surface area contributed by atoms with E-state index in [4.69, 9.17) is 17.3 Å². The number of carbonyl (C=O) groups is 1. The molecule has 1 saturated carbocycles. The van der Waals surface area contributed by atoms with E-state index < -0.39 is 0 Å². The van der Waals surface area contributed by atoms with Crippen LogP contribution in [0.4, 0.5) is 0 Å². The van der Waals surface area contributed by atoms with Crippen molar-refractivity contribution in [3.63, 3.8) is 0 Å². The zero-order valence-electron chi connectivity index (χ0n) is 11.4. The molecular weight excluding hydrogens is 272 g/mol. The summed E-state index contributed by atoms with van der Waals surface area (Å²) in [6, 6.07) is 7.59. The molecule has 0 aromatic heterocycles. The van der Waals surface area contributed by atoms with Crippen LogP contribution in [0.2, 0.25) is 5.02 Å². The van der Waals surface area contributed by atoms with Crippen molar-refractivity contribution < 1.29 is 4.79 Å². The molecule has 0 saturated heterocycles. The van der Waals surface area contributed by atoms with Crippen LogP contribution in [0.25, 0.3) is 0 Å². The lowest BCUT2D eigenvalue weighted by Gasteiger charge is -2.29. The number of benzene rings is 1. The van der Waals surface area contributed by atoms with E-state index >= 15 is 0 Å². The van der Waals surface area contributed by atoms with E-state index in [1.165, 1.54) is 0 Å². The van der Waals surface area contributed by atoms with Gasteiger partial charge in [-0.3, -0.25) is 4.79 Å². The Kier molecular flexibility index (Phi) is 5.46. The van der Waals surface area contributed by atoms with Crippen LogP contribution in [0.1, 0.15) is 31.2 Å². The maximum absolute atomic E-state index is 11.4. The van der Waals surface area contributed by atoms with Crippen molar-refractivity contribution in [1.29, 1.82) is 0 Å². The SMILES string of the molecule is NC(=O)[C@H]1CCCC[C@@H]1NCC#Cc1ccc(Cl)cc1. The normalized spacial score (nSPS) is 21.9. The predicted molar refractivity (Wildman–Crippen MR) is 81.3 cm³/mol. The number of nitrogens with one attached hydrogen (secondary N) is 1. The smallest absolute Gasteiger partial charge is 0.222 e. The van der Waals surface area contributed by atoms with E-state index in [-0.39, 0.29) is 17.9 Å². The molecule has 0 radical (unpaired) electrons. The van der Waals surface area contributed by atoms with Crippen molar-refractivity contribution in [2.45, 2.75) is 31.7 Å². The first-order valence-corrected chi connectivity index (χ1v) is 7.32. The molecule has 20 heavy (non-hydrogen) atoms. The third-order valence-electron chi connectivity index (χ3n) is 3.66. The first kappa shape index (κ1) is 14.9. The molecule has 1 aromatic carbocycles. The van der Waals surface area contributed by atoms with Crippen LogP contribution < -0.4 is 11.1 Å². The lowest BCUT2D eigenvalue weighted by Crippen LogP contribution is -2.44. The molecule has 2 rings (SSSR count). The number of rotatable bonds is 3. The summed E-state index contributed by atoms with van der Waals surface area (Å²) in [5, 5.41) is 4.04. The topological polar surface area (TPSA) is 55.1 Å². The lowest BCUT2D eigenvalue weighted by molar-refractivity contribution is -0.123. The summed E-state index contributed by atoms with van der Waals surface area (Å²) in [5.74, 6) is 5.88. The third kappa shape index (κ3) is 4.26. The van der Waals surface area contributed by atoms with Crippen molar-refractivity contribution in [2.75, 3.05) is 6.54 Å². The Labute approximate surface area is 124 Å². The van der Waals surface area contributed by atoms with Crippen molar-refractivity contribution >= 4 is 17.5 Å². The molecule has 0 unspecified atom stereocenters. The molecule has 0 aliphatic heterocycles. The summed E-state index contributed by atoms with van der Waals surface area (Å²) in [6.45, 7) is 0.567. The van der Waals surface area contributed by atoms with Gasteiger partial charge in [0, 0.05) is 16.6 Å². The summed E-state index contributed by atoms with van der Waals surface area (Å²) in [5.41, 5.74) is 6.38. The van der Waals surface area contributed by atoms with Crippen molar-refractivity contribution in [1.82, 2.24) is 5.32 Å². The molecule has 0 spiro atoms. The molecule has 1 fully saturated rings. The highest BCUT2D eigenvalue weighted by Crippen LogP contribution is 2.23. The van der Waals surface area contributed by atoms with Gasteiger partial charge in [-0.2, -0.15) is 0 Å². The van der Waals surface area contributed by atoms with Crippen molar-refractivity contribution in [3.8, 4) is 11.8 Å². The van der Waals surface area contributed by atoms with Gasteiger partial charge in [-0.25, -0.2) is 0 Å². The van der Waals surface area contributed by atoms with E-state index in [0.717, 1.165) is 31.2 Å². The number of halogens is 1. The summed E-state index contributed by atoms with van der Waals surface area (Å²) in [7, 11) is 0. The summed E-state index contributed by atoms with van der Waals surface area (Å²) >= 11 is 5.82. The molecule has 1 aliphatic carbocycles. The number of hydrogen-bond acceptors (Lipinski definition) is 2. The minimum absolute atomic E-state index is 0.0546. The zero-order valence-corrected chi connectivity index (χ0v) is 12.1. The highest BCUT2D eigenvalue weighted by atomic mass is 35.5. The van der Waals surface area contributed by atoms with Crippen LogP contribution in [0.3, 0.4) is 0 Å². The first-order valence-electron chi connectivity index (χ1n) is 6.94. The number of carbonyl (C=O) groups excluding carboxylic acids is 1. The van der Waals surface area contributed by atoms with Gasteiger partial charge in [-0.1, -0.05) is 36.3 Å². The monoisotopic (exact) mass is 290 g/mol. The van der Waals surface area contributed by atoms with E-state index in [1.807, 2.05) is 24.3 Å². The van der Waals surface area contributed by atoms with Gasteiger partial charge in [0.2, 0.25) is 5.91 Å². The van der Waals surface area contributed by atoms with Crippen LogP contribution in [0.5, 0.6) is 0 Å². The van der Waals surface area contributed by atoms with Crippen LogP contribution in [-0.2, 0) is 4.79 Å². The summed E-state index contributed by atoms with van der Waals surface area (Å²) in [4.78, 5) is 11.4. The predicted octanol–water partition coefficient (Wildman–Crippen LogP) is 2.33. The summed E-state index contributed by atoms with van der Waals surface area (Å²) < 4.78 is 0. The summed E-state index contributed by atoms with van der Waals surface area (Å²) in [6.07, 6.45) is 4.11. The second-order valence-electron chi connectivity index (χ2n) is 5.09. The van der Waals surface area contributed by atoms with E-state index in [9.17, 15) is 4.79 Å². The molecule has 0 heterocycles. The van der Waals surface area contributed by atoms with E-state index in [2.05, 4.69) is 17.2 Å². The maximum Gasteiger partial charge on any atom is 0.222 e. The van der Waals surface area contributed by atoms with Crippen LogP contribution in [0, 0.1) is 17.8 Å². The Morgan fingerprint density at radius 3 is 2.70 bits per heavy atom. The number of hydrogen-bond donors (Lipinski definition) is 2. The fourth-order valence-electron chi connectivity index (χ4n) is 2.58. The van der Waals surface area contributed by atoms with Gasteiger partial charge in [-0.15, -0.1) is 0 Å². The van der Waals surface area contributed by atoms with Gasteiger partial charge in [0.15, 0.2) is 0 Å². The molecule has 2 atom stereocenters. The zero-order chi connectivity index (χ0) is 14.4. The Bertz CT molecular complexity index is 516. The molecule has 4 heteroatoms. The molecule has 3 N–H and O–H groups in total. The van der Waals surface area contributed by atoms with Gasteiger partial charge >= 0.3 is 0 Å². The largest absolute Gasteiger partial charge is 0.369 e. The molecule has 1 aromatic rings. The standard InChI is InChI=1S/C16H19ClN2O/c17-13-9-7-12(8-10-13)4-3-11-19-15-6-2-1-5-14(15)16(18)20/h7-10,14-15,19H,1-2,5-6,11H2,(H2,18,20)/t14-,15-/m0/s1. The minimum atomic E-state index is -0.201. The molecule has 3 nitrogen and oxygen atoms in total. The number of amides is 1. The average Bonchev–Trinajstić information content (AvgIpc) is 2.46. The van der Waals surface area contributed by atoms with Gasteiger partial charge in [-0.05, 0) is 37.1 Å². The maximum atomic E-state index is 11.4. The third-order valence-corrected chi connectivity index (χ3v) is 3.91. The van der Waals surface area contributed by atoms with Crippen molar-refractivity contribution in [2.24, 2.45) is 11.7 Å². The molecular formula is C16H19ClN2O. The Morgan fingerprint density at radius 1 is 1.30 bits per heavy atom. The lowest BCUT2D eigenvalue weighted by atomic mass is 9.84. The first-order chi connectivity index (χ1) is 9.66. The highest BCUT2D eigenvalue weighted by Gasteiger charge is 2.28. The van der Waals surface area contributed by atoms with Gasteiger partial charge < -0.3 is 11.1 Å². The van der Waals surface area contributed by atoms with E-state index in [0.29, 0.717) is 11.6 Å². The second-order valence-corrected chi connectivity index (χ2v) is 5.53. The fraction of sp³-hybridized carbons (Fsp3) is 0.438. The Morgan fingerprint density at radius 2 is 2.00 bits per heavy atom. The Hall–Kier alpha value is -1.50. The molecule has 1 amide bonds. The van der Waals surface area contributed by atoms with E-state index in [1.54, 1.807) is 0 Å².